The van der Waals surface area contributed by atoms with Gasteiger partial charge in [0.1, 0.15) is 11.4 Å². The van der Waals surface area contributed by atoms with Crippen LogP contribution in [0.5, 0.6) is 5.75 Å². The fraction of sp³-hybridized carbons (Fsp3) is 0.208. The average molecular weight is 449 g/mol. The highest BCUT2D eigenvalue weighted by Gasteiger charge is 2.48. The maximum atomic E-state index is 13.4. The Balaban J connectivity index is 1.56. The van der Waals surface area contributed by atoms with Crippen molar-refractivity contribution in [1.29, 1.82) is 0 Å². The van der Waals surface area contributed by atoms with Gasteiger partial charge in [0, 0.05) is 24.2 Å². The zero-order valence-corrected chi connectivity index (χ0v) is 18.3. The molecular formula is C24H20N2O5S. The molecule has 2 atom stereocenters. The molecule has 2 unspecified atom stereocenters. The molecular weight excluding hydrogens is 428 g/mol. The summed E-state index contributed by atoms with van der Waals surface area (Å²) in [6, 6.07) is 15.1. The van der Waals surface area contributed by atoms with E-state index >= 15 is 0 Å². The third-order valence-corrected chi connectivity index (χ3v) is 7.81. The van der Waals surface area contributed by atoms with Gasteiger partial charge in [0.05, 0.1) is 23.6 Å². The number of nitrogens with zero attached hydrogens (tertiary/aromatic N) is 2. The maximum Gasteiger partial charge on any atom is 0.268 e. The van der Waals surface area contributed by atoms with Crippen LogP contribution in [-0.2, 0) is 10.0 Å². The smallest absolute Gasteiger partial charge is 0.268 e. The van der Waals surface area contributed by atoms with Crippen LogP contribution in [-0.4, -0.2) is 43.3 Å². The number of benzene rings is 2. The number of methoxy groups -OCH3 is 1. The van der Waals surface area contributed by atoms with Gasteiger partial charge in [0.15, 0.2) is 5.78 Å². The summed E-state index contributed by atoms with van der Waals surface area (Å²) in [4.78, 5) is 31.2. The van der Waals surface area contributed by atoms with Gasteiger partial charge in [-0.1, -0.05) is 29.8 Å². The van der Waals surface area contributed by atoms with E-state index in [0.717, 1.165) is 15.1 Å². The van der Waals surface area contributed by atoms with Crippen molar-refractivity contribution in [1.82, 2.24) is 3.97 Å². The van der Waals surface area contributed by atoms with Crippen molar-refractivity contribution in [2.75, 3.05) is 13.7 Å². The highest BCUT2D eigenvalue weighted by Crippen LogP contribution is 2.40. The minimum atomic E-state index is -4.04. The fourth-order valence-electron chi connectivity index (χ4n) is 4.41. The van der Waals surface area contributed by atoms with Gasteiger partial charge in [-0.05, 0) is 42.8 Å². The number of hydrogen-bond donors (Lipinski definition) is 0. The number of hydrogen-bond acceptors (Lipinski definition) is 6. The number of ketones is 2. The van der Waals surface area contributed by atoms with E-state index in [1.54, 1.807) is 31.4 Å². The fourth-order valence-corrected chi connectivity index (χ4v) is 5.76. The van der Waals surface area contributed by atoms with Gasteiger partial charge in [0.2, 0.25) is 5.78 Å². The van der Waals surface area contributed by atoms with Gasteiger partial charge in [-0.3, -0.25) is 14.6 Å². The molecule has 1 aromatic heterocycles. The van der Waals surface area contributed by atoms with Gasteiger partial charge in [-0.25, -0.2) is 12.4 Å². The first kappa shape index (κ1) is 20.4. The summed E-state index contributed by atoms with van der Waals surface area (Å²) in [5, 5.41) is 0. The SMILES string of the molecule is COc1ccc(C2CN=C3C(=O)c4c(ccn4S(=O)(=O)c4ccc(C)cc4)C(=O)C32)cc1. The lowest BCUT2D eigenvalue weighted by Gasteiger charge is -2.24. The molecule has 32 heavy (non-hydrogen) atoms. The predicted octanol–water partition coefficient (Wildman–Crippen LogP) is 3.28. The second-order valence-electron chi connectivity index (χ2n) is 7.97. The first-order chi connectivity index (χ1) is 15.3. The van der Waals surface area contributed by atoms with Crippen molar-refractivity contribution in [3.8, 4) is 5.75 Å². The van der Waals surface area contributed by atoms with Crippen LogP contribution < -0.4 is 4.74 Å². The Morgan fingerprint density at radius 1 is 1.00 bits per heavy atom. The molecule has 0 spiro atoms. The molecule has 2 aromatic carbocycles. The number of ether oxygens (including phenoxy) is 1. The van der Waals surface area contributed by atoms with Crippen LogP contribution in [0.1, 0.15) is 37.9 Å². The van der Waals surface area contributed by atoms with Crippen molar-refractivity contribution >= 4 is 27.3 Å². The first-order valence-corrected chi connectivity index (χ1v) is 11.6. The van der Waals surface area contributed by atoms with Crippen LogP contribution in [0.25, 0.3) is 0 Å². The summed E-state index contributed by atoms with van der Waals surface area (Å²) >= 11 is 0. The predicted molar refractivity (Wildman–Crippen MR) is 118 cm³/mol. The average Bonchev–Trinajstić information content (AvgIpc) is 3.44. The van der Waals surface area contributed by atoms with E-state index in [0.29, 0.717) is 12.3 Å². The zero-order chi connectivity index (χ0) is 22.6. The van der Waals surface area contributed by atoms with E-state index in [-0.39, 0.29) is 33.6 Å². The van der Waals surface area contributed by atoms with E-state index in [4.69, 9.17) is 4.74 Å². The van der Waals surface area contributed by atoms with E-state index in [1.165, 1.54) is 24.4 Å². The molecule has 1 aliphatic heterocycles. The van der Waals surface area contributed by atoms with Gasteiger partial charge in [-0.2, -0.15) is 0 Å². The van der Waals surface area contributed by atoms with Crippen molar-refractivity contribution in [3.63, 3.8) is 0 Å². The Kier molecular flexibility index (Phi) is 4.63. The van der Waals surface area contributed by atoms with Crippen LogP contribution >= 0.6 is 0 Å². The number of rotatable bonds is 4. The molecule has 0 radical (unpaired) electrons. The van der Waals surface area contributed by atoms with Crippen LogP contribution in [0.2, 0.25) is 0 Å². The Morgan fingerprint density at radius 3 is 2.34 bits per heavy atom. The molecule has 1 aliphatic carbocycles. The monoisotopic (exact) mass is 448 g/mol. The summed E-state index contributed by atoms with van der Waals surface area (Å²) in [7, 11) is -2.46. The van der Waals surface area contributed by atoms with E-state index in [9.17, 15) is 18.0 Å². The highest BCUT2D eigenvalue weighted by atomic mass is 32.2. The third kappa shape index (κ3) is 2.94. The third-order valence-electron chi connectivity index (χ3n) is 6.12. The summed E-state index contributed by atoms with van der Waals surface area (Å²) < 4.78 is 32.5. The minimum Gasteiger partial charge on any atom is -0.497 e. The van der Waals surface area contributed by atoms with Gasteiger partial charge in [-0.15, -0.1) is 0 Å². The first-order valence-electron chi connectivity index (χ1n) is 10.1. The molecule has 162 valence electrons. The van der Waals surface area contributed by atoms with Crippen molar-refractivity contribution in [3.05, 3.63) is 83.2 Å². The lowest BCUT2D eigenvalue weighted by Crippen LogP contribution is -2.39. The Hall–Kier alpha value is -3.52. The number of fused-ring (bicyclic) bond motifs is 2. The van der Waals surface area contributed by atoms with Crippen molar-refractivity contribution in [2.45, 2.75) is 17.7 Å². The molecule has 0 amide bonds. The molecule has 0 saturated carbocycles. The number of aryl methyl sites for hydroxylation is 1. The molecule has 0 fully saturated rings. The lowest BCUT2D eigenvalue weighted by atomic mass is 9.75. The standard InChI is InChI=1S/C24H20N2O5S/c1-14-3-9-17(10-4-14)32(29,30)26-12-11-18-22(26)24(28)21-20(23(18)27)19(13-25-21)15-5-7-16(31-2)8-6-15/h3-12,19-20H,13H2,1-2H3. The number of carbonyl (C=O) groups is 2. The van der Waals surface area contributed by atoms with Crippen LogP contribution in [0.4, 0.5) is 0 Å². The normalized spacial score (nSPS) is 20.0. The van der Waals surface area contributed by atoms with Crippen molar-refractivity contribution in [2.24, 2.45) is 10.9 Å². The molecule has 2 aliphatic rings. The molecule has 2 heterocycles. The number of aromatic nitrogens is 1. The summed E-state index contributed by atoms with van der Waals surface area (Å²) in [5.74, 6) is -1.10. The van der Waals surface area contributed by atoms with Gasteiger partial charge in [0.25, 0.3) is 10.0 Å². The summed E-state index contributed by atoms with van der Waals surface area (Å²) in [5.41, 5.74) is 1.90. The molecule has 7 nitrogen and oxygen atoms in total. The topological polar surface area (TPSA) is 94.8 Å². The molecule has 5 rings (SSSR count). The van der Waals surface area contributed by atoms with Crippen LogP contribution in [0, 0.1) is 12.8 Å². The Morgan fingerprint density at radius 2 is 1.69 bits per heavy atom. The molecule has 3 aromatic rings. The number of Topliss-reactive ketones (excluding diaryl/α,β-unsaturated/α-hetero) is 2. The lowest BCUT2D eigenvalue weighted by molar-refractivity contribution is 0.0913. The van der Waals surface area contributed by atoms with Gasteiger partial charge < -0.3 is 4.74 Å². The Labute approximate surface area is 185 Å². The largest absolute Gasteiger partial charge is 0.497 e. The molecule has 8 heteroatoms. The Bertz CT molecular complexity index is 1380. The molecule has 0 bridgehead atoms. The molecule has 0 saturated heterocycles. The molecule has 0 N–H and O–H groups in total. The van der Waals surface area contributed by atoms with E-state index in [1.807, 2.05) is 19.1 Å². The number of carbonyl (C=O) groups excluding carboxylic acids is 2. The summed E-state index contributed by atoms with van der Waals surface area (Å²) in [6.07, 6.45) is 1.28. The minimum absolute atomic E-state index is 0.0494. The highest BCUT2D eigenvalue weighted by molar-refractivity contribution is 7.90. The van der Waals surface area contributed by atoms with Crippen LogP contribution in [0.15, 0.2) is 70.7 Å². The second kappa shape index (κ2) is 7.27. The van der Waals surface area contributed by atoms with Crippen LogP contribution in [0.3, 0.4) is 0 Å². The quantitative estimate of drug-likeness (QED) is 0.611. The van der Waals surface area contributed by atoms with E-state index in [2.05, 4.69) is 4.99 Å². The van der Waals surface area contributed by atoms with E-state index < -0.39 is 21.7 Å². The number of aliphatic imine (C=N–C) groups is 1. The maximum absolute atomic E-state index is 13.4. The van der Waals surface area contributed by atoms with Crippen molar-refractivity contribution < 1.29 is 22.7 Å². The summed E-state index contributed by atoms with van der Waals surface area (Å²) in [6.45, 7) is 2.15. The van der Waals surface area contributed by atoms with Gasteiger partial charge >= 0.3 is 0 Å². The second-order valence-corrected chi connectivity index (χ2v) is 9.78. The zero-order valence-electron chi connectivity index (χ0n) is 17.5.